The first kappa shape index (κ1) is 17.4. The Morgan fingerprint density at radius 3 is 2.80 bits per heavy atom. The van der Waals surface area contributed by atoms with Gasteiger partial charge in [-0.2, -0.15) is 0 Å². The summed E-state index contributed by atoms with van der Waals surface area (Å²) in [5.41, 5.74) is 1.09. The number of fused-ring (bicyclic) bond motifs is 1. The van der Waals surface area contributed by atoms with Crippen LogP contribution in [0.3, 0.4) is 0 Å². The zero-order valence-electron chi connectivity index (χ0n) is 13.7. The van der Waals surface area contributed by atoms with Crippen LogP contribution in [0, 0.1) is 0 Å². The van der Waals surface area contributed by atoms with Gasteiger partial charge in [-0.25, -0.2) is 4.79 Å². The lowest BCUT2D eigenvalue weighted by atomic mass is 10.1. The number of nitrogens with one attached hydrogen (secondary N) is 2. The molecule has 0 saturated carbocycles. The summed E-state index contributed by atoms with van der Waals surface area (Å²) in [5.74, 6) is 0.184. The Morgan fingerprint density at radius 1 is 1.28 bits per heavy atom. The van der Waals surface area contributed by atoms with E-state index in [0.29, 0.717) is 48.1 Å². The number of methoxy groups -OCH3 is 1. The fourth-order valence-corrected chi connectivity index (χ4v) is 3.33. The van der Waals surface area contributed by atoms with E-state index in [1.54, 1.807) is 19.2 Å². The summed E-state index contributed by atoms with van der Waals surface area (Å²) < 4.78 is 4.95. The average Bonchev–Trinajstić information content (AvgIpc) is 3.17. The summed E-state index contributed by atoms with van der Waals surface area (Å²) in [5, 5.41) is 5.88. The van der Waals surface area contributed by atoms with E-state index in [1.165, 1.54) is 22.7 Å². The summed E-state index contributed by atoms with van der Waals surface area (Å²) in [6.45, 7) is 1.47. The molecule has 4 amide bonds. The van der Waals surface area contributed by atoms with Crippen LogP contribution >= 0.6 is 11.8 Å². The van der Waals surface area contributed by atoms with Gasteiger partial charge in [0.1, 0.15) is 0 Å². The standard InChI is InChI=1S/C16H18N4O4S/c1-24-7-2-6-20-13(21)11-4-3-10(9-12(11)14(20)22)18-15(23)19-16-17-5-8-25-16/h3-4,9H,2,5-8H2,1H3,(H2,17,18,19,23). The van der Waals surface area contributed by atoms with Gasteiger partial charge in [0.15, 0.2) is 5.17 Å². The number of rotatable bonds is 5. The molecule has 0 spiro atoms. The third kappa shape index (κ3) is 3.83. The Bertz CT molecular complexity index is 750. The minimum Gasteiger partial charge on any atom is -0.385 e. The summed E-state index contributed by atoms with van der Waals surface area (Å²) >= 11 is 1.47. The number of hydrogen-bond donors (Lipinski definition) is 2. The first-order valence-corrected chi connectivity index (χ1v) is 8.83. The van der Waals surface area contributed by atoms with Gasteiger partial charge in [0.05, 0.1) is 17.7 Å². The maximum absolute atomic E-state index is 12.4. The van der Waals surface area contributed by atoms with Gasteiger partial charge in [-0.05, 0) is 24.6 Å². The quantitative estimate of drug-likeness (QED) is 0.611. The molecule has 2 heterocycles. The number of amidine groups is 1. The summed E-state index contributed by atoms with van der Waals surface area (Å²) in [6, 6.07) is 4.26. The van der Waals surface area contributed by atoms with Crippen molar-refractivity contribution >= 4 is 40.5 Å². The maximum atomic E-state index is 12.4. The first-order chi connectivity index (χ1) is 12.1. The van der Waals surface area contributed by atoms with Gasteiger partial charge < -0.3 is 10.1 Å². The lowest BCUT2D eigenvalue weighted by Crippen LogP contribution is -2.32. The number of benzene rings is 1. The molecule has 0 radical (unpaired) electrons. The number of carbonyl (C=O) groups excluding carboxylic acids is 3. The number of urea groups is 1. The van der Waals surface area contributed by atoms with Crippen LogP contribution in [0.4, 0.5) is 10.5 Å². The number of thioether (sulfide) groups is 1. The smallest absolute Gasteiger partial charge is 0.325 e. The molecule has 2 aliphatic rings. The van der Waals surface area contributed by atoms with Crippen LogP contribution < -0.4 is 10.6 Å². The van der Waals surface area contributed by atoms with Gasteiger partial charge in [-0.15, -0.1) is 0 Å². The van der Waals surface area contributed by atoms with Crippen LogP contribution in [-0.2, 0) is 4.74 Å². The lowest BCUT2D eigenvalue weighted by Gasteiger charge is -2.12. The summed E-state index contributed by atoms with van der Waals surface area (Å²) in [6.07, 6.45) is 0.579. The van der Waals surface area contributed by atoms with Crippen molar-refractivity contribution in [3.05, 3.63) is 29.3 Å². The van der Waals surface area contributed by atoms with Gasteiger partial charge in [0, 0.05) is 31.7 Å². The van der Waals surface area contributed by atoms with Crippen LogP contribution in [0.2, 0.25) is 0 Å². The maximum Gasteiger partial charge on any atom is 0.325 e. The van der Waals surface area contributed by atoms with Crippen molar-refractivity contribution in [2.24, 2.45) is 4.99 Å². The normalized spacial score (nSPS) is 16.0. The molecule has 0 bridgehead atoms. The summed E-state index contributed by atoms with van der Waals surface area (Å²) in [4.78, 5) is 42.0. The Labute approximate surface area is 149 Å². The highest BCUT2D eigenvalue weighted by Crippen LogP contribution is 2.26. The minimum atomic E-state index is -0.429. The highest BCUT2D eigenvalue weighted by molar-refractivity contribution is 8.14. The second-order valence-electron chi connectivity index (χ2n) is 5.48. The second-order valence-corrected chi connectivity index (χ2v) is 6.57. The molecule has 25 heavy (non-hydrogen) atoms. The molecule has 0 unspecified atom stereocenters. The fourth-order valence-electron chi connectivity index (χ4n) is 2.61. The number of imide groups is 1. The molecule has 0 aromatic heterocycles. The third-order valence-corrected chi connectivity index (χ3v) is 4.66. The molecule has 8 nitrogen and oxygen atoms in total. The molecule has 3 rings (SSSR count). The van der Waals surface area contributed by atoms with Crippen molar-refractivity contribution in [3.8, 4) is 0 Å². The van der Waals surface area contributed by atoms with E-state index in [2.05, 4.69) is 15.6 Å². The van der Waals surface area contributed by atoms with Gasteiger partial charge in [-0.1, -0.05) is 11.8 Å². The lowest BCUT2D eigenvalue weighted by molar-refractivity contribution is 0.0638. The average molecular weight is 362 g/mol. The number of carbonyl (C=O) groups is 3. The number of ether oxygens (including phenoxy) is 1. The molecule has 0 aliphatic carbocycles. The molecule has 2 aliphatic heterocycles. The van der Waals surface area contributed by atoms with Crippen LogP contribution in [0.15, 0.2) is 23.2 Å². The Hall–Kier alpha value is -2.39. The topological polar surface area (TPSA) is 100 Å². The largest absolute Gasteiger partial charge is 0.385 e. The van der Waals surface area contributed by atoms with E-state index in [4.69, 9.17) is 4.74 Å². The van der Waals surface area contributed by atoms with Crippen LogP contribution in [-0.4, -0.2) is 60.5 Å². The molecule has 0 fully saturated rings. The molecule has 0 saturated heterocycles. The molecule has 1 aromatic carbocycles. The van der Waals surface area contributed by atoms with Crippen molar-refractivity contribution < 1.29 is 19.1 Å². The van der Waals surface area contributed by atoms with Crippen molar-refractivity contribution in [1.82, 2.24) is 10.2 Å². The molecule has 2 N–H and O–H groups in total. The van der Waals surface area contributed by atoms with Crippen molar-refractivity contribution in [2.45, 2.75) is 6.42 Å². The van der Waals surface area contributed by atoms with E-state index < -0.39 is 6.03 Å². The number of amides is 4. The highest BCUT2D eigenvalue weighted by atomic mass is 32.2. The van der Waals surface area contributed by atoms with E-state index in [9.17, 15) is 14.4 Å². The van der Waals surface area contributed by atoms with Gasteiger partial charge >= 0.3 is 6.03 Å². The zero-order valence-corrected chi connectivity index (χ0v) is 14.5. The number of aliphatic imine (C=N–C) groups is 1. The minimum absolute atomic E-state index is 0.299. The number of anilines is 1. The number of nitrogens with zero attached hydrogens (tertiary/aromatic N) is 2. The van der Waals surface area contributed by atoms with Gasteiger partial charge in [0.25, 0.3) is 11.8 Å². The SMILES string of the molecule is COCCCN1C(=O)c2ccc(NC(=O)NC3=NCCS3)cc2C1=O. The molecular weight excluding hydrogens is 344 g/mol. The van der Waals surface area contributed by atoms with Crippen molar-refractivity contribution in [3.63, 3.8) is 0 Å². The Kier molecular flexibility index (Phi) is 5.34. The van der Waals surface area contributed by atoms with Crippen LogP contribution in [0.5, 0.6) is 0 Å². The predicted octanol–water partition coefficient (Wildman–Crippen LogP) is 1.54. The second kappa shape index (κ2) is 7.66. The van der Waals surface area contributed by atoms with Gasteiger partial charge in [0.2, 0.25) is 0 Å². The third-order valence-electron chi connectivity index (χ3n) is 3.76. The predicted molar refractivity (Wildman–Crippen MR) is 95.2 cm³/mol. The molecule has 1 aromatic rings. The van der Waals surface area contributed by atoms with E-state index in [1.807, 2.05) is 0 Å². The van der Waals surface area contributed by atoms with Crippen molar-refractivity contribution in [1.29, 1.82) is 0 Å². The number of hydrogen-bond acceptors (Lipinski definition) is 6. The first-order valence-electron chi connectivity index (χ1n) is 7.84. The Balaban J connectivity index is 1.67. The Morgan fingerprint density at radius 2 is 2.08 bits per heavy atom. The fraction of sp³-hybridized carbons (Fsp3) is 0.375. The van der Waals surface area contributed by atoms with E-state index in [0.717, 1.165) is 5.75 Å². The summed E-state index contributed by atoms with van der Waals surface area (Å²) in [7, 11) is 1.57. The van der Waals surface area contributed by atoms with Crippen LogP contribution in [0.1, 0.15) is 27.1 Å². The van der Waals surface area contributed by atoms with Gasteiger partial charge in [-0.3, -0.25) is 24.8 Å². The van der Waals surface area contributed by atoms with E-state index >= 15 is 0 Å². The zero-order chi connectivity index (χ0) is 17.8. The molecular formula is C16H18N4O4S. The molecule has 132 valence electrons. The van der Waals surface area contributed by atoms with Crippen molar-refractivity contribution in [2.75, 3.05) is 37.9 Å². The monoisotopic (exact) mass is 362 g/mol. The highest BCUT2D eigenvalue weighted by Gasteiger charge is 2.35. The molecule has 9 heteroatoms. The van der Waals surface area contributed by atoms with E-state index in [-0.39, 0.29) is 11.8 Å². The van der Waals surface area contributed by atoms with Crippen LogP contribution in [0.25, 0.3) is 0 Å². The molecule has 0 atom stereocenters.